The summed E-state index contributed by atoms with van der Waals surface area (Å²) in [5.74, 6) is -0.879. The molecule has 100 valence electrons. The zero-order valence-corrected chi connectivity index (χ0v) is 12.1. The number of aryl methyl sites for hydroxylation is 1. The third kappa shape index (κ3) is 3.24. The van der Waals surface area contributed by atoms with Crippen LogP contribution in [0, 0.1) is 6.92 Å². The van der Waals surface area contributed by atoms with Crippen molar-refractivity contribution in [3.05, 3.63) is 10.6 Å². The number of rotatable bonds is 4. The van der Waals surface area contributed by atoms with Crippen LogP contribution in [0.2, 0.25) is 0 Å². The highest BCUT2D eigenvalue weighted by Gasteiger charge is 2.24. The van der Waals surface area contributed by atoms with Crippen LogP contribution in [0.25, 0.3) is 0 Å². The van der Waals surface area contributed by atoms with E-state index in [1.54, 1.807) is 25.8 Å². The number of thioether (sulfide) groups is 1. The summed E-state index contributed by atoms with van der Waals surface area (Å²) in [6, 6.07) is 0. The SMILES string of the molecule is COC1CCCC(Sc2nc(C)c(C(=O)O)s2)C1. The minimum absolute atomic E-state index is 0.344. The Morgan fingerprint density at radius 3 is 2.94 bits per heavy atom. The van der Waals surface area contributed by atoms with Gasteiger partial charge in [-0.15, -0.1) is 11.3 Å². The van der Waals surface area contributed by atoms with Gasteiger partial charge >= 0.3 is 5.97 Å². The number of ether oxygens (including phenoxy) is 1. The molecule has 1 aromatic heterocycles. The standard InChI is InChI=1S/C12H17NO3S2/c1-7-10(11(14)15)18-12(13-7)17-9-5-3-4-8(6-9)16-2/h8-9H,3-6H2,1-2H3,(H,14,15). The first-order chi connectivity index (χ1) is 8.60. The van der Waals surface area contributed by atoms with Crippen LogP contribution < -0.4 is 0 Å². The van der Waals surface area contributed by atoms with E-state index >= 15 is 0 Å². The Labute approximate surface area is 115 Å². The first-order valence-electron chi connectivity index (χ1n) is 6.00. The molecule has 0 bridgehead atoms. The monoisotopic (exact) mass is 287 g/mol. The molecular formula is C12H17NO3S2. The number of thiazole rings is 1. The van der Waals surface area contributed by atoms with Gasteiger partial charge < -0.3 is 9.84 Å². The maximum atomic E-state index is 11.0. The number of aromatic carboxylic acids is 1. The van der Waals surface area contributed by atoms with Crippen LogP contribution in [0.1, 0.15) is 41.0 Å². The predicted octanol–water partition coefficient (Wildman–Crippen LogP) is 3.20. The van der Waals surface area contributed by atoms with Gasteiger partial charge in [0.25, 0.3) is 0 Å². The Morgan fingerprint density at radius 1 is 1.56 bits per heavy atom. The van der Waals surface area contributed by atoms with Crippen molar-refractivity contribution >= 4 is 29.1 Å². The smallest absolute Gasteiger partial charge is 0.347 e. The molecular weight excluding hydrogens is 270 g/mol. The number of aromatic nitrogens is 1. The second kappa shape index (κ2) is 6.04. The van der Waals surface area contributed by atoms with E-state index in [1.807, 2.05) is 0 Å². The molecule has 1 aromatic rings. The lowest BCUT2D eigenvalue weighted by atomic mass is 9.97. The van der Waals surface area contributed by atoms with E-state index in [0.717, 1.165) is 23.6 Å². The first-order valence-corrected chi connectivity index (χ1v) is 7.70. The summed E-state index contributed by atoms with van der Waals surface area (Å²) >= 11 is 2.98. The van der Waals surface area contributed by atoms with Crippen LogP contribution in [0.5, 0.6) is 0 Å². The molecule has 1 heterocycles. The number of hydrogen-bond acceptors (Lipinski definition) is 5. The Balaban J connectivity index is 2.00. The topological polar surface area (TPSA) is 59.4 Å². The molecule has 0 spiro atoms. The molecule has 2 rings (SSSR count). The van der Waals surface area contributed by atoms with Gasteiger partial charge in [-0.2, -0.15) is 0 Å². The molecule has 0 saturated heterocycles. The number of methoxy groups -OCH3 is 1. The lowest BCUT2D eigenvalue weighted by molar-refractivity contribution is 0.0700. The fraction of sp³-hybridized carbons (Fsp3) is 0.667. The summed E-state index contributed by atoms with van der Waals surface area (Å²) in [6.07, 6.45) is 4.83. The molecule has 1 aliphatic carbocycles. The van der Waals surface area contributed by atoms with Crippen molar-refractivity contribution in [1.82, 2.24) is 4.98 Å². The average Bonchev–Trinajstić information content (AvgIpc) is 2.70. The van der Waals surface area contributed by atoms with Crippen LogP contribution in [-0.4, -0.2) is 34.5 Å². The van der Waals surface area contributed by atoms with Gasteiger partial charge in [0.2, 0.25) is 0 Å². The summed E-state index contributed by atoms with van der Waals surface area (Å²) in [5.41, 5.74) is 0.620. The average molecular weight is 287 g/mol. The van der Waals surface area contributed by atoms with E-state index in [4.69, 9.17) is 9.84 Å². The summed E-state index contributed by atoms with van der Waals surface area (Å²) in [4.78, 5) is 15.7. The molecule has 1 fully saturated rings. The molecule has 18 heavy (non-hydrogen) atoms. The molecule has 0 radical (unpaired) electrons. The van der Waals surface area contributed by atoms with Crippen LogP contribution >= 0.6 is 23.1 Å². The van der Waals surface area contributed by atoms with Crippen molar-refractivity contribution < 1.29 is 14.6 Å². The van der Waals surface area contributed by atoms with Crippen LogP contribution in [0.15, 0.2) is 4.34 Å². The normalized spacial score (nSPS) is 24.1. The molecule has 4 nitrogen and oxygen atoms in total. The fourth-order valence-electron chi connectivity index (χ4n) is 2.19. The van der Waals surface area contributed by atoms with Gasteiger partial charge in [-0.25, -0.2) is 9.78 Å². The molecule has 1 saturated carbocycles. The number of carboxylic acid groups (broad SMARTS) is 1. The Kier molecular flexibility index (Phi) is 4.64. The second-order valence-corrected chi connectivity index (χ2v) is 7.01. The van der Waals surface area contributed by atoms with Crippen molar-refractivity contribution in [2.45, 2.75) is 48.3 Å². The van der Waals surface area contributed by atoms with Crippen molar-refractivity contribution in [2.24, 2.45) is 0 Å². The summed E-state index contributed by atoms with van der Waals surface area (Å²) in [6.45, 7) is 1.75. The molecule has 2 atom stereocenters. The van der Waals surface area contributed by atoms with Gasteiger partial charge in [0.15, 0.2) is 4.34 Å². The van der Waals surface area contributed by atoms with E-state index in [2.05, 4.69) is 4.98 Å². The van der Waals surface area contributed by atoms with E-state index in [0.29, 0.717) is 21.9 Å². The maximum Gasteiger partial charge on any atom is 0.347 e. The molecule has 1 aliphatic rings. The number of nitrogens with zero attached hydrogens (tertiary/aromatic N) is 1. The number of carbonyl (C=O) groups is 1. The first kappa shape index (κ1) is 13.8. The third-order valence-electron chi connectivity index (χ3n) is 3.15. The summed E-state index contributed by atoms with van der Waals surface area (Å²) in [5, 5.41) is 9.50. The Hall–Kier alpha value is -0.590. The van der Waals surface area contributed by atoms with Crippen molar-refractivity contribution in [1.29, 1.82) is 0 Å². The molecule has 6 heteroatoms. The largest absolute Gasteiger partial charge is 0.477 e. The van der Waals surface area contributed by atoms with E-state index < -0.39 is 5.97 Å². The number of hydrogen-bond donors (Lipinski definition) is 1. The molecule has 2 unspecified atom stereocenters. The van der Waals surface area contributed by atoms with Gasteiger partial charge in [0, 0.05) is 12.4 Å². The molecule has 1 N–H and O–H groups in total. The molecule has 0 aliphatic heterocycles. The van der Waals surface area contributed by atoms with Gasteiger partial charge in [-0.3, -0.25) is 0 Å². The highest BCUT2D eigenvalue weighted by Crippen LogP contribution is 2.37. The summed E-state index contributed by atoms with van der Waals surface area (Å²) in [7, 11) is 1.76. The zero-order valence-electron chi connectivity index (χ0n) is 10.5. The quantitative estimate of drug-likeness (QED) is 0.921. The highest BCUT2D eigenvalue weighted by molar-refractivity contribution is 8.01. The van der Waals surface area contributed by atoms with Crippen molar-refractivity contribution in [2.75, 3.05) is 7.11 Å². The Morgan fingerprint density at radius 2 is 2.33 bits per heavy atom. The van der Waals surface area contributed by atoms with Gasteiger partial charge in [-0.1, -0.05) is 11.8 Å². The van der Waals surface area contributed by atoms with Crippen LogP contribution in [0.3, 0.4) is 0 Å². The van der Waals surface area contributed by atoms with Gasteiger partial charge in [0.05, 0.1) is 11.8 Å². The maximum absolute atomic E-state index is 11.0. The second-order valence-electron chi connectivity index (χ2n) is 4.46. The van der Waals surface area contributed by atoms with E-state index in [9.17, 15) is 4.79 Å². The summed E-state index contributed by atoms with van der Waals surface area (Å²) < 4.78 is 6.27. The minimum atomic E-state index is -0.879. The van der Waals surface area contributed by atoms with Crippen LogP contribution in [-0.2, 0) is 4.74 Å². The lowest BCUT2D eigenvalue weighted by Gasteiger charge is -2.26. The zero-order chi connectivity index (χ0) is 13.1. The number of carboxylic acids is 1. The van der Waals surface area contributed by atoms with Crippen LogP contribution in [0.4, 0.5) is 0 Å². The highest BCUT2D eigenvalue weighted by atomic mass is 32.2. The molecule has 0 amide bonds. The lowest BCUT2D eigenvalue weighted by Crippen LogP contribution is -2.23. The fourth-order valence-corrected chi connectivity index (χ4v) is 4.75. The van der Waals surface area contributed by atoms with E-state index in [1.165, 1.54) is 17.8 Å². The van der Waals surface area contributed by atoms with Crippen molar-refractivity contribution in [3.8, 4) is 0 Å². The van der Waals surface area contributed by atoms with Gasteiger partial charge in [0.1, 0.15) is 4.88 Å². The minimum Gasteiger partial charge on any atom is -0.477 e. The van der Waals surface area contributed by atoms with E-state index in [-0.39, 0.29) is 0 Å². The Bertz CT molecular complexity index is 433. The van der Waals surface area contributed by atoms with Gasteiger partial charge in [-0.05, 0) is 32.6 Å². The third-order valence-corrected chi connectivity index (χ3v) is 5.68. The predicted molar refractivity (Wildman–Crippen MR) is 72.7 cm³/mol. The van der Waals surface area contributed by atoms with Crippen molar-refractivity contribution in [3.63, 3.8) is 0 Å². The molecule has 0 aromatic carbocycles.